The molecule has 0 atom stereocenters. The molecule has 0 saturated heterocycles. The van der Waals surface area contributed by atoms with Gasteiger partial charge in [0.2, 0.25) is 0 Å². The molecule has 0 aliphatic carbocycles. The molecule has 1 aromatic heterocycles. The molecule has 3 heteroatoms. The number of aliphatic hydroxyl groups excluding tert-OH is 1. The van der Waals surface area contributed by atoms with E-state index in [1.807, 2.05) is 30.7 Å². The average Bonchev–Trinajstić information content (AvgIpc) is 2.58. The number of phenols is 1. The van der Waals surface area contributed by atoms with E-state index in [0.717, 1.165) is 16.5 Å². The number of aromatic hydroxyl groups is 1. The van der Waals surface area contributed by atoms with Gasteiger partial charge in [0.25, 0.3) is 0 Å². The van der Waals surface area contributed by atoms with Gasteiger partial charge in [0, 0.05) is 23.2 Å². The molecular weight excluding hydrogens is 190 g/mol. The van der Waals surface area contributed by atoms with E-state index >= 15 is 0 Å². The Balaban J connectivity index is 2.82. The van der Waals surface area contributed by atoms with E-state index in [4.69, 9.17) is 0 Å². The first-order chi connectivity index (χ1) is 7.15. The number of fused-ring (bicyclic) bond motifs is 1. The Morgan fingerprint density at radius 2 is 2.07 bits per heavy atom. The SMILES string of the molecule is CC(C)n1cc(CO)c2cccc(O)c21. The first kappa shape index (κ1) is 10.1. The van der Waals surface area contributed by atoms with Crippen molar-refractivity contribution in [2.75, 3.05) is 0 Å². The molecule has 2 aromatic rings. The number of hydrogen-bond acceptors (Lipinski definition) is 2. The van der Waals surface area contributed by atoms with Gasteiger partial charge in [-0.25, -0.2) is 0 Å². The quantitative estimate of drug-likeness (QED) is 0.790. The van der Waals surface area contributed by atoms with Crippen LogP contribution in [0.4, 0.5) is 0 Å². The van der Waals surface area contributed by atoms with Gasteiger partial charge < -0.3 is 14.8 Å². The number of phenolic OH excluding ortho intramolecular Hbond substituents is 1. The number of nitrogens with zero attached hydrogens (tertiary/aromatic N) is 1. The Morgan fingerprint density at radius 1 is 1.33 bits per heavy atom. The van der Waals surface area contributed by atoms with Crippen LogP contribution in [0.15, 0.2) is 24.4 Å². The van der Waals surface area contributed by atoms with Crippen LogP contribution in [0.5, 0.6) is 5.75 Å². The van der Waals surface area contributed by atoms with Gasteiger partial charge in [-0.15, -0.1) is 0 Å². The van der Waals surface area contributed by atoms with E-state index in [2.05, 4.69) is 0 Å². The molecule has 0 aliphatic heterocycles. The molecular formula is C12H15NO2. The second-order valence-corrected chi connectivity index (χ2v) is 3.99. The highest BCUT2D eigenvalue weighted by Crippen LogP contribution is 2.31. The number of para-hydroxylation sites is 1. The van der Waals surface area contributed by atoms with Gasteiger partial charge in [0.1, 0.15) is 5.75 Å². The van der Waals surface area contributed by atoms with Crippen molar-refractivity contribution >= 4 is 10.9 Å². The summed E-state index contributed by atoms with van der Waals surface area (Å²) in [6.07, 6.45) is 1.90. The molecule has 0 aliphatic rings. The summed E-state index contributed by atoms with van der Waals surface area (Å²) in [4.78, 5) is 0. The zero-order valence-electron chi connectivity index (χ0n) is 8.94. The topological polar surface area (TPSA) is 45.4 Å². The zero-order valence-corrected chi connectivity index (χ0v) is 8.94. The van der Waals surface area contributed by atoms with Crippen LogP contribution >= 0.6 is 0 Å². The van der Waals surface area contributed by atoms with Crippen molar-refractivity contribution < 1.29 is 10.2 Å². The molecule has 0 bridgehead atoms. The van der Waals surface area contributed by atoms with Crippen molar-refractivity contribution in [3.63, 3.8) is 0 Å². The fourth-order valence-corrected chi connectivity index (χ4v) is 1.90. The Hall–Kier alpha value is -1.48. The summed E-state index contributed by atoms with van der Waals surface area (Å²) in [6, 6.07) is 5.64. The lowest BCUT2D eigenvalue weighted by Gasteiger charge is -2.09. The van der Waals surface area contributed by atoms with E-state index in [9.17, 15) is 10.2 Å². The van der Waals surface area contributed by atoms with Crippen molar-refractivity contribution in [2.24, 2.45) is 0 Å². The molecule has 2 N–H and O–H groups in total. The molecule has 80 valence electrons. The Bertz CT molecular complexity index is 486. The normalized spacial score (nSPS) is 11.5. The minimum absolute atomic E-state index is 0.000324. The standard InChI is InChI=1S/C12H15NO2/c1-8(2)13-6-9(7-14)10-4-3-5-11(15)12(10)13/h3-6,8,14-15H,7H2,1-2H3. The van der Waals surface area contributed by atoms with E-state index in [1.54, 1.807) is 12.1 Å². The highest BCUT2D eigenvalue weighted by atomic mass is 16.3. The highest BCUT2D eigenvalue weighted by molar-refractivity contribution is 5.88. The van der Waals surface area contributed by atoms with Crippen LogP contribution < -0.4 is 0 Å². The number of rotatable bonds is 2. The summed E-state index contributed by atoms with van der Waals surface area (Å²) in [5.74, 6) is 0.265. The van der Waals surface area contributed by atoms with Gasteiger partial charge in [-0.3, -0.25) is 0 Å². The summed E-state index contributed by atoms with van der Waals surface area (Å²) >= 11 is 0. The molecule has 0 radical (unpaired) electrons. The minimum Gasteiger partial charge on any atom is -0.506 e. The number of aliphatic hydroxyl groups is 1. The third kappa shape index (κ3) is 1.49. The predicted octanol–water partition coefficient (Wildman–Crippen LogP) is 2.42. The van der Waals surface area contributed by atoms with E-state index in [0.29, 0.717) is 0 Å². The maximum Gasteiger partial charge on any atom is 0.139 e. The summed E-state index contributed by atoms with van der Waals surface area (Å²) in [6.45, 7) is 4.10. The monoisotopic (exact) mass is 205 g/mol. The van der Waals surface area contributed by atoms with Crippen molar-refractivity contribution in [2.45, 2.75) is 26.5 Å². The van der Waals surface area contributed by atoms with E-state index < -0.39 is 0 Å². The molecule has 3 nitrogen and oxygen atoms in total. The first-order valence-corrected chi connectivity index (χ1v) is 5.07. The first-order valence-electron chi connectivity index (χ1n) is 5.07. The molecule has 1 heterocycles. The fourth-order valence-electron chi connectivity index (χ4n) is 1.90. The molecule has 0 fully saturated rings. The lowest BCUT2D eigenvalue weighted by Crippen LogP contribution is -1.98. The Morgan fingerprint density at radius 3 is 2.67 bits per heavy atom. The van der Waals surface area contributed by atoms with Crippen LogP contribution in [0.1, 0.15) is 25.5 Å². The summed E-state index contributed by atoms with van der Waals surface area (Å²) in [5, 5.41) is 20.0. The second kappa shape index (κ2) is 3.59. The van der Waals surface area contributed by atoms with Crippen molar-refractivity contribution in [1.29, 1.82) is 0 Å². The maximum absolute atomic E-state index is 9.81. The zero-order chi connectivity index (χ0) is 11.0. The molecule has 1 aromatic carbocycles. The van der Waals surface area contributed by atoms with E-state index in [1.165, 1.54) is 0 Å². The molecule has 0 saturated carbocycles. The van der Waals surface area contributed by atoms with Crippen molar-refractivity contribution in [3.8, 4) is 5.75 Å². The minimum atomic E-state index is -0.000324. The third-order valence-corrected chi connectivity index (χ3v) is 2.64. The van der Waals surface area contributed by atoms with Crippen molar-refractivity contribution in [1.82, 2.24) is 4.57 Å². The smallest absolute Gasteiger partial charge is 0.139 e. The summed E-state index contributed by atoms with van der Waals surface area (Å²) in [7, 11) is 0. The molecule has 0 amide bonds. The lowest BCUT2D eigenvalue weighted by molar-refractivity contribution is 0.283. The van der Waals surface area contributed by atoms with Gasteiger partial charge in [-0.1, -0.05) is 12.1 Å². The second-order valence-electron chi connectivity index (χ2n) is 3.99. The predicted molar refractivity (Wildman–Crippen MR) is 59.9 cm³/mol. The summed E-state index contributed by atoms with van der Waals surface area (Å²) < 4.78 is 1.98. The average molecular weight is 205 g/mol. The van der Waals surface area contributed by atoms with Gasteiger partial charge in [-0.05, 0) is 19.9 Å². The lowest BCUT2D eigenvalue weighted by atomic mass is 10.2. The summed E-state index contributed by atoms with van der Waals surface area (Å²) in [5.41, 5.74) is 1.66. The third-order valence-electron chi connectivity index (χ3n) is 2.64. The Labute approximate surface area is 88.6 Å². The number of hydrogen-bond donors (Lipinski definition) is 2. The van der Waals surface area contributed by atoms with Gasteiger partial charge in [-0.2, -0.15) is 0 Å². The van der Waals surface area contributed by atoms with E-state index in [-0.39, 0.29) is 18.4 Å². The molecule has 0 unspecified atom stereocenters. The van der Waals surface area contributed by atoms with Crippen LogP contribution in [0.2, 0.25) is 0 Å². The van der Waals surface area contributed by atoms with Crippen molar-refractivity contribution in [3.05, 3.63) is 30.0 Å². The number of benzene rings is 1. The van der Waals surface area contributed by atoms with Gasteiger partial charge in [0.05, 0.1) is 12.1 Å². The van der Waals surface area contributed by atoms with Crippen LogP contribution in [0.3, 0.4) is 0 Å². The largest absolute Gasteiger partial charge is 0.506 e. The molecule has 2 rings (SSSR count). The molecule has 0 spiro atoms. The fraction of sp³-hybridized carbons (Fsp3) is 0.333. The number of aromatic nitrogens is 1. The highest BCUT2D eigenvalue weighted by Gasteiger charge is 2.12. The van der Waals surface area contributed by atoms with Gasteiger partial charge in [0.15, 0.2) is 0 Å². The van der Waals surface area contributed by atoms with Gasteiger partial charge >= 0.3 is 0 Å². The van der Waals surface area contributed by atoms with Crippen LogP contribution in [-0.4, -0.2) is 14.8 Å². The van der Waals surface area contributed by atoms with Crippen LogP contribution in [-0.2, 0) is 6.61 Å². The van der Waals surface area contributed by atoms with Crippen LogP contribution in [0, 0.1) is 0 Å². The maximum atomic E-state index is 9.81. The van der Waals surface area contributed by atoms with Crippen LogP contribution in [0.25, 0.3) is 10.9 Å². The molecule has 15 heavy (non-hydrogen) atoms. The Kier molecular flexibility index (Phi) is 2.40.